The standard InChI is InChI=1S/C13H17BrClNO/c1-8(13(2,3)4)16-12(17)9-5-10(14)7-11(15)6-9/h5-8H,1-4H3,(H,16,17). The van der Waals surface area contributed by atoms with E-state index in [-0.39, 0.29) is 17.4 Å². The van der Waals surface area contributed by atoms with E-state index < -0.39 is 0 Å². The molecule has 4 heteroatoms. The lowest BCUT2D eigenvalue weighted by atomic mass is 9.88. The number of amides is 1. The summed E-state index contributed by atoms with van der Waals surface area (Å²) in [4.78, 5) is 12.0. The predicted molar refractivity (Wildman–Crippen MR) is 75.5 cm³/mol. The van der Waals surface area contributed by atoms with Crippen LogP contribution in [-0.4, -0.2) is 11.9 Å². The van der Waals surface area contributed by atoms with Gasteiger partial charge in [0.15, 0.2) is 0 Å². The molecule has 1 rings (SSSR count). The molecular weight excluding hydrogens is 302 g/mol. The minimum atomic E-state index is -0.101. The van der Waals surface area contributed by atoms with E-state index in [9.17, 15) is 4.79 Å². The molecule has 2 nitrogen and oxygen atoms in total. The number of rotatable bonds is 2. The van der Waals surface area contributed by atoms with Crippen LogP contribution in [0, 0.1) is 5.41 Å². The van der Waals surface area contributed by atoms with E-state index in [1.807, 2.05) is 6.92 Å². The summed E-state index contributed by atoms with van der Waals surface area (Å²) < 4.78 is 0.804. The Labute approximate surface area is 116 Å². The van der Waals surface area contributed by atoms with Crippen molar-refractivity contribution in [2.24, 2.45) is 5.41 Å². The van der Waals surface area contributed by atoms with Crippen molar-refractivity contribution in [2.75, 3.05) is 0 Å². The van der Waals surface area contributed by atoms with Gasteiger partial charge in [0.1, 0.15) is 0 Å². The van der Waals surface area contributed by atoms with Crippen LogP contribution in [0.1, 0.15) is 38.1 Å². The minimum absolute atomic E-state index is 0.0332. The highest BCUT2D eigenvalue weighted by Gasteiger charge is 2.22. The second-order valence-corrected chi connectivity index (χ2v) is 6.57. The zero-order chi connectivity index (χ0) is 13.2. The molecule has 0 radical (unpaired) electrons. The molecule has 0 spiro atoms. The summed E-state index contributed by atoms with van der Waals surface area (Å²) in [6, 6.07) is 5.27. The smallest absolute Gasteiger partial charge is 0.251 e. The van der Waals surface area contributed by atoms with Crippen molar-refractivity contribution in [3.8, 4) is 0 Å². The number of carbonyl (C=O) groups excluding carboxylic acids is 1. The van der Waals surface area contributed by atoms with Gasteiger partial charge in [-0.3, -0.25) is 4.79 Å². The molecule has 1 amide bonds. The summed E-state index contributed by atoms with van der Waals surface area (Å²) in [5.74, 6) is -0.101. The number of hydrogen-bond acceptors (Lipinski definition) is 1. The van der Waals surface area contributed by atoms with Gasteiger partial charge in [-0.05, 0) is 30.5 Å². The molecule has 0 saturated heterocycles. The van der Waals surface area contributed by atoms with Gasteiger partial charge in [0.2, 0.25) is 0 Å². The Morgan fingerprint density at radius 1 is 1.35 bits per heavy atom. The van der Waals surface area contributed by atoms with Gasteiger partial charge in [0.25, 0.3) is 5.91 Å². The minimum Gasteiger partial charge on any atom is -0.349 e. The summed E-state index contributed by atoms with van der Waals surface area (Å²) >= 11 is 9.23. The molecule has 0 bridgehead atoms. The third-order valence-corrected chi connectivity index (χ3v) is 3.45. The van der Waals surface area contributed by atoms with Gasteiger partial charge in [0.05, 0.1) is 0 Å². The fourth-order valence-corrected chi connectivity index (χ4v) is 2.04. The lowest BCUT2D eigenvalue weighted by Gasteiger charge is -2.28. The summed E-state index contributed by atoms with van der Waals surface area (Å²) in [5, 5.41) is 3.52. The Morgan fingerprint density at radius 3 is 2.41 bits per heavy atom. The van der Waals surface area contributed by atoms with E-state index in [0.717, 1.165) is 4.47 Å². The van der Waals surface area contributed by atoms with Gasteiger partial charge in [-0.25, -0.2) is 0 Å². The maximum atomic E-state index is 12.0. The first-order chi connectivity index (χ1) is 7.70. The van der Waals surface area contributed by atoms with Gasteiger partial charge in [-0.15, -0.1) is 0 Å². The third-order valence-electron chi connectivity index (χ3n) is 2.77. The van der Waals surface area contributed by atoms with Gasteiger partial charge in [-0.2, -0.15) is 0 Å². The first kappa shape index (κ1) is 14.5. The molecule has 94 valence electrons. The van der Waals surface area contributed by atoms with Crippen LogP contribution in [0.2, 0.25) is 5.02 Å². The lowest BCUT2D eigenvalue weighted by Crippen LogP contribution is -2.41. The van der Waals surface area contributed by atoms with Crippen LogP contribution in [0.15, 0.2) is 22.7 Å². The van der Waals surface area contributed by atoms with Crippen molar-refractivity contribution >= 4 is 33.4 Å². The van der Waals surface area contributed by atoms with Crippen molar-refractivity contribution in [3.05, 3.63) is 33.3 Å². The number of carbonyl (C=O) groups is 1. The summed E-state index contributed by atoms with van der Waals surface area (Å²) in [5.41, 5.74) is 0.603. The van der Waals surface area contributed by atoms with Gasteiger partial charge in [-0.1, -0.05) is 48.3 Å². The average molecular weight is 319 g/mol. The second-order valence-electron chi connectivity index (χ2n) is 5.22. The van der Waals surface area contributed by atoms with Crippen LogP contribution in [0.25, 0.3) is 0 Å². The van der Waals surface area contributed by atoms with E-state index in [4.69, 9.17) is 11.6 Å². The van der Waals surface area contributed by atoms with Crippen molar-refractivity contribution < 1.29 is 4.79 Å². The molecule has 0 saturated carbocycles. The fraction of sp³-hybridized carbons (Fsp3) is 0.462. The second kappa shape index (κ2) is 5.40. The van der Waals surface area contributed by atoms with Crippen LogP contribution in [-0.2, 0) is 0 Å². The molecule has 0 aromatic heterocycles. The topological polar surface area (TPSA) is 29.1 Å². The lowest BCUT2D eigenvalue weighted by molar-refractivity contribution is 0.0910. The largest absolute Gasteiger partial charge is 0.349 e. The van der Waals surface area contributed by atoms with E-state index in [0.29, 0.717) is 10.6 Å². The predicted octanol–water partition coefficient (Wildman–Crippen LogP) is 4.27. The molecule has 0 aliphatic carbocycles. The highest BCUT2D eigenvalue weighted by molar-refractivity contribution is 9.10. The SMILES string of the molecule is CC(NC(=O)c1cc(Cl)cc(Br)c1)C(C)(C)C. The first-order valence-corrected chi connectivity index (χ1v) is 6.64. The van der Waals surface area contributed by atoms with Crippen LogP contribution in [0.3, 0.4) is 0 Å². The molecule has 0 fully saturated rings. The molecule has 1 N–H and O–H groups in total. The molecular formula is C13H17BrClNO. The van der Waals surface area contributed by atoms with Gasteiger partial charge >= 0.3 is 0 Å². The van der Waals surface area contributed by atoms with Crippen LogP contribution in [0.4, 0.5) is 0 Å². The molecule has 0 aliphatic heterocycles. The van der Waals surface area contributed by atoms with Gasteiger partial charge < -0.3 is 5.32 Å². The Bertz CT molecular complexity index is 406. The van der Waals surface area contributed by atoms with E-state index >= 15 is 0 Å². The fourth-order valence-electron chi connectivity index (χ4n) is 1.18. The van der Waals surface area contributed by atoms with E-state index in [2.05, 4.69) is 42.0 Å². The van der Waals surface area contributed by atoms with Crippen molar-refractivity contribution in [2.45, 2.75) is 33.7 Å². The van der Waals surface area contributed by atoms with Crippen molar-refractivity contribution in [1.29, 1.82) is 0 Å². The Hall–Kier alpha value is -0.540. The zero-order valence-corrected chi connectivity index (χ0v) is 12.8. The van der Waals surface area contributed by atoms with Crippen LogP contribution >= 0.6 is 27.5 Å². The van der Waals surface area contributed by atoms with Crippen LogP contribution < -0.4 is 5.32 Å². The summed E-state index contributed by atoms with van der Waals surface area (Å²) in [7, 11) is 0. The first-order valence-electron chi connectivity index (χ1n) is 5.47. The number of hydrogen-bond donors (Lipinski definition) is 1. The monoisotopic (exact) mass is 317 g/mol. The van der Waals surface area contributed by atoms with E-state index in [1.54, 1.807) is 18.2 Å². The molecule has 0 heterocycles. The summed E-state index contributed by atoms with van der Waals surface area (Å²) in [6.07, 6.45) is 0. The number of benzene rings is 1. The quantitative estimate of drug-likeness (QED) is 0.867. The molecule has 1 unspecified atom stereocenters. The Balaban J connectivity index is 2.84. The number of nitrogens with one attached hydrogen (secondary N) is 1. The van der Waals surface area contributed by atoms with Crippen molar-refractivity contribution in [3.63, 3.8) is 0 Å². The van der Waals surface area contributed by atoms with Gasteiger partial charge in [0, 0.05) is 21.1 Å². The highest BCUT2D eigenvalue weighted by Crippen LogP contribution is 2.21. The maximum Gasteiger partial charge on any atom is 0.251 e. The third kappa shape index (κ3) is 4.32. The highest BCUT2D eigenvalue weighted by atomic mass is 79.9. The molecule has 1 aromatic carbocycles. The zero-order valence-electron chi connectivity index (χ0n) is 10.5. The van der Waals surface area contributed by atoms with Crippen LogP contribution in [0.5, 0.6) is 0 Å². The number of halogens is 2. The average Bonchev–Trinajstić information content (AvgIpc) is 2.14. The summed E-state index contributed by atoms with van der Waals surface area (Å²) in [6.45, 7) is 8.26. The Kier molecular flexibility index (Phi) is 4.62. The van der Waals surface area contributed by atoms with E-state index in [1.165, 1.54) is 0 Å². The molecule has 1 atom stereocenters. The molecule has 17 heavy (non-hydrogen) atoms. The molecule has 0 aliphatic rings. The molecule has 1 aromatic rings. The Morgan fingerprint density at radius 2 is 1.94 bits per heavy atom. The normalized spacial score (nSPS) is 13.3. The maximum absolute atomic E-state index is 12.0. The van der Waals surface area contributed by atoms with Crippen molar-refractivity contribution in [1.82, 2.24) is 5.32 Å².